The van der Waals surface area contributed by atoms with E-state index in [4.69, 9.17) is 0 Å². The molecule has 1 aliphatic heterocycles. The molecule has 0 aliphatic carbocycles. The van der Waals surface area contributed by atoms with E-state index in [1.165, 1.54) is 6.08 Å². The molecule has 0 saturated heterocycles. The number of benzene rings is 2. The maximum Gasteiger partial charge on any atom is 0.330 e. The van der Waals surface area contributed by atoms with E-state index in [-0.39, 0.29) is 11.9 Å². The van der Waals surface area contributed by atoms with E-state index >= 15 is 0 Å². The van der Waals surface area contributed by atoms with Gasteiger partial charge in [0.05, 0.1) is 24.1 Å². The summed E-state index contributed by atoms with van der Waals surface area (Å²) < 4.78 is 1.67. The molecule has 0 spiro atoms. The predicted octanol–water partition coefficient (Wildman–Crippen LogP) is 4.35. The lowest BCUT2D eigenvalue weighted by molar-refractivity contribution is -0.111. The number of amides is 3. The fourth-order valence-electron chi connectivity index (χ4n) is 3.96. The molecule has 1 aliphatic rings. The van der Waals surface area contributed by atoms with Gasteiger partial charge in [-0.2, -0.15) is 10.1 Å². The highest BCUT2D eigenvalue weighted by atomic mass is 16.2. The van der Waals surface area contributed by atoms with Gasteiger partial charge in [0.2, 0.25) is 11.9 Å². The van der Waals surface area contributed by atoms with Gasteiger partial charge in [-0.1, -0.05) is 43.0 Å². The Bertz CT molecular complexity index is 1430. The average Bonchev–Trinajstić information content (AvgIpc) is 3.29. The number of carbonyl (C=O) groups is 2. The summed E-state index contributed by atoms with van der Waals surface area (Å²) in [6.07, 6.45) is 6.39. The van der Waals surface area contributed by atoms with Crippen LogP contribution in [0.3, 0.4) is 0 Å². The standard InChI is InChI=1S/C26H24N8O2/c1-3-23(35)29-20-10-7-11-22(12-20)34-24-19(13-27-25(31-24)30-21-14-28-32(2)17-21)16-33(26(34)36)15-18-8-5-4-6-9-18/h3-14,17H,1,15-16H2,2H3,(H,29,35)(H,27,30,31). The van der Waals surface area contributed by atoms with Gasteiger partial charge in [-0.15, -0.1) is 0 Å². The van der Waals surface area contributed by atoms with Crippen LogP contribution >= 0.6 is 0 Å². The molecular formula is C26H24N8O2. The second-order valence-electron chi connectivity index (χ2n) is 8.27. The van der Waals surface area contributed by atoms with Gasteiger partial charge in [0.1, 0.15) is 0 Å². The molecule has 0 radical (unpaired) electrons. The highest BCUT2D eigenvalue weighted by Gasteiger charge is 2.33. The second kappa shape index (κ2) is 9.71. The maximum atomic E-state index is 13.8. The van der Waals surface area contributed by atoms with E-state index in [2.05, 4.69) is 32.3 Å². The second-order valence-corrected chi connectivity index (χ2v) is 8.27. The van der Waals surface area contributed by atoms with E-state index in [0.29, 0.717) is 36.2 Å². The number of aryl methyl sites for hydroxylation is 1. The first-order chi connectivity index (χ1) is 17.5. The monoisotopic (exact) mass is 480 g/mol. The van der Waals surface area contributed by atoms with Crippen LogP contribution in [0.2, 0.25) is 0 Å². The molecule has 0 bridgehead atoms. The lowest BCUT2D eigenvalue weighted by atomic mass is 10.1. The molecule has 180 valence electrons. The van der Waals surface area contributed by atoms with E-state index in [1.54, 1.807) is 57.3 Å². The predicted molar refractivity (Wildman–Crippen MR) is 137 cm³/mol. The summed E-state index contributed by atoms with van der Waals surface area (Å²) in [7, 11) is 1.82. The molecular weight excluding hydrogens is 456 g/mol. The minimum absolute atomic E-state index is 0.232. The molecule has 2 N–H and O–H groups in total. The Morgan fingerprint density at radius 3 is 2.69 bits per heavy atom. The SMILES string of the molecule is C=CC(=O)Nc1cccc(N2C(=O)N(Cc3ccccc3)Cc3cnc(Nc4cnn(C)c4)nc32)c1. The zero-order chi connectivity index (χ0) is 25.1. The number of aromatic nitrogens is 4. The first-order valence-electron chi connectivity index (χ1n) is 11.3. The zero-order valence-electron chi connectivity index (χ0n) is 19.6. The number of nitrogens with one attached hydrogen (secondary N) is 2. The third kappa shape index (κ3) is 4.78. The number of rotatable bonds is 7. The van der Waals surface area contributed by atoms with Crippen LogP contribution in [-0.2, 0) is 24.9 Å². The lowest BCUT2D eigenvalue weighted by Crippen LogP contribution is -2.45. The van der Waals surface area contributed by atoms with Crippen molar-refractivity contribution in [3.63, 3.8) is 0 Å². The number of nitrogens with zero attached hydrogens (tertiary/aromatic N) is 6. The highest BCUT2D eigenvalue weighted by molar-refractivity contribution is 6.03. The van der Waals surface area contributed by atoms with Crippen molar-refractivity contribution in [3.8, 4) is 0 Å². The maximum absolute atomic E-state index is 13.8. The van der Waals surface area contributed by atoms with Crippen LogP contribution in [0.1, 0.15) is 11.1 Å². The molecule has 0 atom stereocenters. The van der Waals surface area contributed by atoms with Crippen molar-refractivity contribution in [2.75, 3.05) is 15.5 Å². The van der Waals surface area contributed by atoms with Gasteiger partial charge in [0, 0.05) is 37.2 Å². The van der Waals surface area contributed by atoms with E-state index in [9.17, 15) is 9.59 Å². The highest BCUT2D eigenvalue weighted by Crippen LogP contribution is 2.35. The van der Waals surface area contributed by atoms with Gasteiger partial charge in [0.25, 0.3) is 0 Å². The Morgan fingerprint density at radius 2 is 1.94 bits per heavy atom. The van der Waals surface area contributed by atoms with Crippen molar-refractivity contribution in [2.24, 2.45) is 7.05 Å². The summed E-state index contributed by atoms with van der Waals surface area (Å²) in [5.41, 5.74) is 3.63. The number of hydrogen-bond acceptors (Lipinski definition) is 6. The topological polar surface area (TPSA) is 108 Å². The van der Waals surface area contributed by atoms with Crippen LogP contribution in [0.25, 0.3) is 0 Å². The quantitative estimate of drug-likeness (QED) is 0.381. The largest absolute Gasteiger partial charge is 0.330 e. The summed E-state index contributed by atoms with van der Waals surface area (Å²) in [5, 5.41) is 10.0. The Labute approximate surface area is 207 Å². The van der Waals surface area contributed by atoms with Crippen molar-refractivity contribution in [1.82, 2.24) is 24.6 Å². The molecule has 10 heteroatoms. The van der Waals surface area contributed by atoms with Gasteiger partial charge in [-0.25, -0.2) is 14.7 Å². The van der Waals surface area contributed by atoms with Crippen LogP contribution in [0.4, 0.5) is 33.6 Å². The van der Waals surface area contributed by atoms with Gasteiger partial charge < -0.3 is 15.5 Å². The molecule has 4 aromatic rings. The molecule has 10 nitrogen and oxygen atoms in total. The summed E-state index contributed by atoms with van der Waals surface area (Å²) >= 11 is 0. The van der Waals surface area contributed by atoms with Crippen molar-refractivity contribution < 1.29 is 9.59 Å². The number of hydrogen-bond donors (Lipinski definition) is 2. The number of urea groups is 1. The van der Waals surface area contributed by atoms with Crippen LogP contribution in [-0.4, -0.2) is 36.6 Å². The van der Waals surface area contributed by atoms with Crippen LogP contribution < -0.4 is 15.5 Å². The molecule has 3 heterocycles. The number of carbonyl (C=O) groups excluding carboxylic acids is 2. The fraction of sp³-hybridized carbons (Fsp3) is 0.115. The molecule has 2 aromatic heterocycles. The summed E-state index contributed by atoms with van der Waals surface area (Å²) in [6, 6.07) is 16.6. The van der Waals surface area contributed by atoms with Crippen molar-refractivity contribution in [3.05, 3.63) is 97.0 Å². The molecule has 36 heavy (non-hydrogen) atoms. The molecule has 0 fully saturated rings. The van der Waals surface area contributed by atoms with Crippen LogP contribution in [0, 0.1) is 0 Å². The number of anilines is 5. The van der Waals surface area contributed by atoms with Gasteiger partial charge >= 0.3 is 6.03 Å². The third-order valence-corrected chi connectivity index (χ3v) is 5.61. The zero-order valence-corrected chi connectivity index (χ0v) is 19.6. The molecule has 0 saturated carbocycles. The van der Waals surface area contributed by atoms with Crippen molar-refractivity contribution in [1.29, 1.82) is 0 Å². The van der Waals surface area contributed by atoms with Crippen LogP contribution in [0.5, 0.6) is 0 Å². The van der Waals surface area contributed by atoms with E-state index in [1.807, 2.05) is 37.4 Å². The van der Waals surface area contributed by atoms with E-state index < -0.39 is 0 Å². The Balaban J connectivity index is 1.54. The van der Waals surface area contributed by atoms with Crippen molar-refractivity contribution >= 4 is 40.8 Å². The van der Waals surface area contributed by atoms with Crippen LogP contribution in [0.15, 0.2) is 85.8 Å². The Morgan fingerprint density at radius 1 is 1.11 bits per heavy atom. The van der Waals surface area contributed by atoms with E-state index in [0.717, 1.165) is 16.8 Å². The van der Waals surface area contributed by atoms with Gasteiger partial charge in [0.15, 0.2) is 5.82 Å². The molecule has 2 aromatic carbocycles. The Hall–Kier alpha value is -4.99. The smallest absolute Gasteiger partial charge is 0.322 e. The first kappa shape index (κ1) is 22.8. The third-order valence-electron chi connectivity index (χ3n) is 5.61. The van der Waals surface area contributed by atoms with Crippen molar-refractivity contribution in [2.45, 2.75) is 13.1 Å². The number of fused-ring (bicyclic) bond motifs is 1. The molecule has 3 amide bonds. The molecule has 5 rings (SSSR count). The minimum atomic E-state index is -0.339. The molecule has 0 unspecified atom stereocenters. The average molecular weight is 481 g/mol. The normalized spacial score (nSPS) is 12.8. The summed E-state index contributed by atoms with van der Waals surface area (Å²) in [6.45, 7) is 4.28. The minimum Gasteiger partial charge on any atom is -0.322 e. The first-order valence-corrected chi connectivity index (χ1v) is 11.3. The van der Waals surface area contributed by atoms with Gasteiger partial charge in [-0.3, -0.25) is 9.48 Å². The van der Waals surface area contributed by atoms with Gasteiger partial charge in [-0.05, 0) is 29.8 Å². The fourth-order valence-corrected chi connectivity index (χ4v) is 3.96. The Kier molecular flexibility index (Phi) is 6.14. The summed E-state index contributed by atoms with van der Waals surface area (Å²) in [4.78, 5) is 38.1. The summed E-state index contributed by atoms with van der Waals surface area (Å²) in [5.74, 6) is 0.471. The lowest BCUT2D eigenvalue weighted by Gasteiger charge is -2.36.